The Bertz CT molecular complexity index is 712. The van der Waals surface area contributed by atoms with Crippen molar-refractivity contribution in [2.24, 2.45) is 0 Å². The van der Waals surface area contributed by atoms with E-state index in [1.54, 1.807) is 12.1 Å². The Morgan fingerprint density at radius 1 is 1.24 bits per heavy atom. The summed E-state index contributed by atoms with van der Waals surface area (Å²) in [6.07, 6.45) is 3.03. The average Bonchev–Trinajstić information content (AvgIpc) is 2.94. The fourth-order valence-corrected chi connectivity index (χ4v) is 4.04. The zero-order valence-electron chi connectivity index (χ0n) is 11.8. The van der Waals surface area contributed by atoms with Gasteiger partial charge in [0.1, 0.15) is 0 Å². The Morgan fingerprint density at radius 3 is 2.62 bits per heavy atom. The van der Waals surface area contributed by atoms with Crippen molar-refractivity contribution >= 4 is 26.0 Å². The van der Waals surface area contributed by atoms with Gasteiger partial charge in [0.15, 0.2) is 0 Å². The van der Waals surface area contributed by atoms with Crippen LogP contribution in [0.5, 0.6) is 0 Å². The van der Waals surface area contributed by atoms with E-state index in [1.165, 1.54) is 12.5 Å². The van der Waals surface area contributed by atoms with Gasteiger partial charge in [0.25, 0.3) is 0 Å². The van der Waals surface area contributed by atoms with Gasteiger partial charge in [-0.15, -0.1) is 0 Å². The lowest BCUT2D eigenvalue weighted by Gasteiger charge is -2.12. The molecule has 0 saturated heterocycles. The first-order valence-corrected chi connectivity index (χ1v) is 8.66. The van der Waals surface area contributed by atoms with Crippen molar-refractivity contribution in [2.45, 2.75) is 24.9 Å². The van der Waals surface area contributed by atoms with Gasteiger partial charge in [-0.2, -0.15) is 0 Å². The lowest BCUT2D eigenvalue weighted by molar-refractivity contribution is 0.561. The van der Waals surface area contributed by atoms with Crippen molar-refractivity contribution in [3.05, 3.63) is 51.9 Å². The highest BCUT2D eigenvalue weighted by Gasteiger charge is 2.19. The van der Waals surface area contributed by atoms with E-state index < -0.39 is 10.0 Å². The zero-order chi connectivity index (χ0) is 15.5. The van der Waals surface area contributed by atoms with Crippen LogP contribution in [-0.2, 0) is 23.1 Å². The lowest BCUT2D eigenvalue weighted by atomic mass is 10.1. The van der Waals surface area contributed by atoms with Gasteiger partial charge in [0.05, 0.1) is 17.4 Å². The molecule has 0 aliphatic heterocycles. The molecule has 0 atom stereocenters. The summed E-state index contributed by atoms with van der Waals surface area (Å²) < 4.78 is 33.0. The van der Waals surface area contributed by atoms with Gasteiger partial charge >= 0.3 is 0 Å². The van der Waals surface area contributed by atoms with E-state index in [1.807, 2.05) is 20.0 Å². The summed E-state index contributed by atoms with van der Waals surface area (Å²) in [7, 11) is -1.77. The van der Waals surface area contributed by atoms with Crippen LogP contribution in [-0.4, -0.2) is 15.5 Å². The molecule has 1 aromatic carbocycles. The number of sulfonamides is 1. The maximum Gasteiger partial charge on any atom is 0.242 e. The Balaban J connectivity index is 2.30. The molecule has 2 aromatic rings. The monoisotopic (exact) mass is 372 g/mol. The highest BCUT2D eigenvalue weighted by Crippen LogP contribution is 2.27. The molecule has 0 fully saturated rings. The molecule has 2 rings (SSSR count). The second kappa shape index (κ2) is 6.74. The number of furan rings is 1. The highest BCUT2D eigenvalue weighted by atomic mass is 79.9. The summed E-state index contributed by atoms with van der Waals surface area (Å²) >= 11 is 3.36. The first-order valence-electron chi connectivity index (χ1n) is 6.38. The first kappa shape index (κ1) is 16.2. The largest absolute Gasteiger partial charge is 0.472 e. The smallest absolute Gasteiger partial charge is 0.242 e. The Hall–Kier alpha value is -1.15. The standard InChI is InChI=1S/C14H17BrN2O3S/c1-10-5-12(7-16-2)6-13(14(10)15)21(18,19)17-8-11-3-4-20-9-11/h3-6,9,16-17H,7-8H2,1-2H3. The van der Waals surface area contributed by atoms with E-state index in [4.69, 9.17) is 4.42 Å². The fraction of sp³-hybridized carbons (Fsp3) is 0.286. The predicted molar refractivity (Wildman–Crippen MR) is 84.4 cm³/mol. The van der Waals surface area contributed by atoms with Crippen LogP contribution in [0.3, 0.4) is 0 Å². The van der Waals surface area contributed by atoms with Gasteiger partial charge in [0.2, 0.25) is 10.0 Å². The molecule has 5 nitrogen and oxygen atoms in total. The van der Waals surface area contributed by atoms with Crippen LogP contribution >= 0.6 is 15.9 Å². The second-order valence-electron chi connectivity index (χ2n) is 4.71. The van der Waals surface area contributed by atoms with Crippen LogP contribution in [0.1, 0.15) is 16.7 Å². The quantitative estimate of drug-likeness (QED) is 0.817. The lowest BCUT2D eigenvalue weighted by Crippen LogP contribution is -2.24. The van der Waals surface area contributed by atoms with E-state index in [2.05, 4.69) is 26.0 Å². The molecule has 1 aromatic heterocycles. The van der Waals surface area contributed by atoms with Crippen LogP contribution in [0.2, 0.25) is 0 Å². The number of halogens is 1. The van der Waals surface area contributed by atoms with Crippen LogP contribution in [0, 0.1) is 6.92 Å². The number of nitrogens with one attached hydrogen (secondary N) is 2. The van der Waals surface area contributed by atoms with Crippen molar-refractivity contribution in [1.82, 2.24) is 10.0 Å². The van der Waals surface area contributed by atoms with E-state index >= 15 is 0 Å². The van der Waals surface area contributed by atoms with Gasteiger partial charge in [-0.3, -0.25) is 0 Å². The molecule has 0 spiro atoms. The maximum atomic E-state index is 12.5. The summed E-state index contributed by atoms with van der Waals surface area (Å²) in [5.41, 5.74) is 2.58. The third-order valence-electron chi connectivity index (χ3n) is 3.00. The maximum absolute atomic E-state index is 12.5. The summed E-state index contributed by atoms with van der Waals surface area (Å²) in [5.74, 6) is 0. The van der Waals surface area contributed by atoms with Crippen LogP contribution in [0.25, 0.3) is 0 Å². The number of benzene rings is 1. The van der Waals surface area contributed by atoms with E-state index in [0.29, 0.717) is 11.0 Å². The molecule has 7 heteroatoms. The minimum atomic E-state index is -3.60. The van der Waals surface area contributed by atoms with Crippen LogP contribution in [0.4, 0.5) is 0 Å². The summed E-state index contributed by atoms with van der Waals surface area (Å²) in [4.78, 5) is 0.247. The third-order valence-corrected chi connectivity index (χ3v) is 5.74. The molecule has 1 heterocycles. The number of rotatable bonds is 6. The average molecular weight is 373 g/mol. The first-order chi connectivity index (χ1) is 9.94. The van der Waals surface area contributed by atoms with Crippen molar-refractivity contribution < 1.29 is 12.8 Å². The van der Waals surface area contributed by atoms with Crippen molar-refractivity contribution in [3.8, 4) is 0 Å². The van der Waals surface area contributed by atoms with Gasteiger partial charge in [-0.05, 0) is 53.2 Å². The number of aryl methyl sites for hydroxylation is 1. The molecule has 0 radical (unpaired) electrons. The van der Waals surface area contributed by atoms with Crippen molar-refractivity contribution in [1.29, 1.82) is 0 Å². The SMILES string of the molecule is CNCc1cc(C)c(Br)c(S(=O)(=O)NCc2ccoc2)c1. The van der Waals surface area contributed by atoms with Gasteiger partial charge < -0.3 is 9.73 Å². The molecular weight excluding hydrogens is 356 g/mol. The van der Waals surface area contributed by atoms with Crippen molar-refractivity contribution in [2.75, 3.05) is 7.05 Å². The topological polar surface area (TPSA) is 71.3 Å². The summed E-state index contributed by atoms with van der Waals surface area (Å²) in [6, 6.07) is 5.35. The van der Waals surface area contributed by atoms with Gasteiger partial charge in [0, 0.05) is 23.1 Å². The van der Waals surface area contributed by atoms with Crippen molar-refractivity contribution in [3.63, 3.8) is 0 Å². The second-order valence-corrected chi connectivity index (χ2v) is 7.24. The van der Waals surface area contributed by atoms with Gasteiger partial charge in [-0.1, -0.05) is 6.07 Å². The number of hydrogen-bond donors (Lipinski definition) is 2. The Morgan fingerprint density at radius 2 is 2.00 bits per heavy atom. The molecule has 0 saturated carbocycles. The normalized spacial score (nSPS) is 11.8. The Kier molecular flexibility index (Phi) is 5.21. The molecule has 2 N–H and O–H groups in total. The minimum absolute atomic E-state index is 0.195. The molecule has 0 bridgehead atoms. The highest BCUT2D eigenvalue weighted by molar-refractivity contribution is 9.10. The fourth-order valence-electron chi connectivity index (χ4n) is 1.96. The summed E-state index contributed by atoms with van der Waals surface area (Å²) in [6.45, 7) is 2.68. The third kappa shape index (κ3) is 3.94. The molecule has 0 aliphatic carbocycles. The minimum Gasteiger partial charge on any atom is -0.472 e. The van der Waals surface area contributed by atoms with Crippen LogP contribution < -0.4 is 10.0 Å². The Labute approximate surface area is 132 Å². The number of hydrogen-bond acceptors (Lipinski definition) is 4. The molecule has 0 unspecified atom stereocenters. The molecule has 21 heavy (non-hydrogen) atoms. The van der Waals surface area contributed by atoms with Gasteiger partial charge in [-0.25, -0.2) is 13.1 Å². The van der Waals surface area contributed by atoms with Crippen LogP contribution in [0.15, 0.2) is 44.5 Å². The zero-order valence-corrected chi connectivity index (χ0v) is 14.2. The predicted octanol–water partition coefficient (Wildman–Crippen LogP) is 2.55. The molecule has 114 valence electrons. The molecule has 0 aliphatic rings. The van der Waals surface area contributed by atoms with E-state index in [9.17, 15) is 8.42 Å². The van der Waals surface area contributed by atoms with E-state index in [0.717, 1.165) is 16.7 Å². The molecule has 0 amide bonds. The van der Waals surface area contributed by atoms with E-state index in [-0.39, 0.29) is 11.4 Å². The summed E-state index contributed by atoms with van der Waals surface area (Å²) in [5, 5.41) is 3.02. The molecular formula is C14H17BrN2O3S.